The molecule has 2 N–H and O–H groups in total. The Morgan fingerprint density at radius 1 is 1.03 bits per heavy atom. The van der Waals surface area contributed by atoms with Gasteiger partial charge in [-0.15, -0.1) is 0 Å². The van der Waals surface area contributed by atoms with Crippen LogP contribution in [0.15, 0.2) is 30.5 Å². The van der Waals surface area contributed by atoms with Gasteiger partial charge in [-0.3, -0.25) is 0 Å². The lowest BCUT2D eigenvalue weighted by atomic mass is 10.2. The molecule has 0 aliphatic heterocycles. The second-order valence-corrected chi connectivity index (χ2v) is 6.38. The number of hydrogen-bond donors (Lipinski definition) is 1. The van der Waals surface area contributed by atoms with Gasteiger partial charge in [0.25, 0.3) is 0 Å². The number of nitrogen functional groups attached to an aromatic ring is 1. The molecule has 6 nitrogen and oxygen atoms in total. The highest BCUT2D eigenvalue weighted by Crippen LogP contribution is 2.38. The van der Waals surface area contributed by atoms with Crippen molar-refractivity contribution in [1.29, 1.82) is 5.26 Å². The third-order valence-corrected chi connectivity index (χ3v) is 4.34. The monoisotopic (exact) mass is 473 g/mol. The first-order valence-electron chi connectivity index (χ1n) is 8.61. The average molecular weight is 473 g/mol. The molecule has 0 saturated heterocycles. The molecule has 0 fully saturated rings. The van der Waals surface area contributed by atoms with Crippen molar-refractivity contribution in [3.05, 3.63) is 70.6 Å². The predicted molar refractivity (Wildman–Crippen MR) is 97.6 cm³/mol. The molecule has 0 aliphatic carbocycles. The van der Waals surface area contributed by atoms with E-state index < -0.39 is 69.5 Å². The molecule has 2 aromatic carbocycles. The van der Waals surface area contributed by atoms with Gasteiger partial charge in [-0.05, 0) is 12.1 Å². The standard InChI is InChI=1S/C20H10F7N3O3/c1-32-19(31)17-16(29)8(6-28)7-30(17)14-4-10(21)11(22)5-15(14)33-18-12(23)2-9(3-13(18)24)20(25,26)27/h2-5,7H,29H2,1H3. The van der Waals surface area contributed by atoms with E-state index >= 15 is 0 Å². The minimum absolute atomic E-state index is 0.0563. The number of halogens is 7. The Balaban J connectivity index is 2.24. The molecule has 0 spiro atoms. The molecule has 0 amide bonds. The maximum absolute atomic E-state index is 14.2. The van der Waals surface area contributed by atoms with Crippen molar-refractivity contribution < 1.29 is 45.0 Å². The van der Waals surface area contributed by atoms with E-state index in [2.05, 4.69) is 4.74 Å². The molecule has 1 aromatic heterocycles. The van der Waals surface area contributed by atoms with Crippen LogP contribution in [0.4, 0.5) is 36.4 Å². The molecule has 3 aromatic rings. The zero-order valence-electron chi connectivity index (χ0n) is 16.2. The van der Waals surface area contributed by atoms with Gasteiger partial charge in [-0.2, -0.15) is 18.4 Å². The van der Waals surface area contributed by atoms with Gasteiger partial charge < -0.3 is 19.8 Å². The zero-order chi connectivity index (χ0) is 24.7. The van der Waals surface area contributed by atoms with Gasteiger partial charge in [0.05, 0.1) is 29.6 Å². The third kappa shape index (κ3) is 4.27. The van der Waals surface area contributed by atoms with Crippen LogP contribution in [0.25, 0.3) is 5.69 Å². The van der Waals surface area contributed by atoms with Gasteiger partial charge in [-0.1, -0.05) is 0 Å². The molecular weight excluding hydrogens is 463 g/mol. The lowest BCUT2D eigenvalue weighted by Gasteiger charge is -2.16. The highest BCUT2D eigenvalue weighted by atomic mass is 19.4. The number of carbonyl (C=O) groups excluding carboxylic acids is 1. The Morgan fingerprint density at radius 3 is 2.12 bits per heavy atom. The van der Waals surface area contributed by atoms with Crippen molar-refractivity contribution in [2.24, 2.45) is 0 Å². The van der Waals surface area contributed by atoms with E-state index in [1.807, 2.05) is 0 Å². The summed E-state index contributed by atoms with van der Waals surface area (Å²) in [4.78, 5) is 12.2. The Kier molecular flexibility index (Phi) is 5.95. The number of benzene rings is 2. The molecule has 33 heavy (non-hydrogen) atoms. The number of methoxy groups -OCH3 is 1. The summed E-state index contributed by atoms with van der Waals surface area (Å²) in [5.41, 5.74) is 2.27. The zero-order valence-corrected chi connectivity index (χ0v) is 16.2. The van der Waals surface area contributed by atoms with Crippen molar-refractivity contribution in [1.82, 2.24) is 4.57 Å². The highest BCUT2D eigenvalue weighted by molar-refractivity contribution is 5.96. The van der Waals surface area contributed by atoms with Crippen LogP contribution in [0.1, 0.15) is 21.6 Å². The van der Waals surface area contributed by atoms with Crippen LogP contribution in [0.2, 0.25) is 0 Å². The number of anilines is 1. The predicted octanol–water partition coefficient (Wildman–Crippen LogP) is 5.09. The molecule has 3 rings (SSSR count). The SMILES string of the molecule is COC(=O)c1c(N)c(C#N)cn1-c1cc(F)c(F)cc1Oc1c(F)cc(C(F)(F)F)cc1F. The minimum atomic E-state index is -5.07. The lowest BCUT2D eigenvalue weighted by Crippen LogP contribution is -2.12. The highest BCUT2D eigenvalue weighted by Gasteiger charge is 2.33. The summed E-state index contributed by atoms with van der Waals surface area (Å²) in [5, 5.41) is 9.17. The number of alkyl halides is 3. The van der Waals surface area contributed by atoms with Crippen LogP contribution in [0.5, 0.6) is 11.5 Å². The van der Waals surface area contributed by atoms with Crippen LogP contribution < -0.4 is 10.5 Å². The third-order valence-electron chi connectivity index (χ3n) is 4.34. The van der Waals surface area contributed by atoms with Crippen molar-refractivity contribution in [2.75, 3.05) is 12.8 Å². The van der Waals surface area contributed by atoms with E-state index in [0.29, 0.717) is 12.1 Å². The summed E-state index contributed by atoms with van der Waals surface area (Å²) in [6.07, 6.45) is -4.15. The quantitative estimate of drug-likeness (QED) is 0.422. The molecule has 0 aliphatic rings. The van der Waals surface area contributed by atoms with Gasteiger partial charge in [0.15, 0.2) is 40.5 Å². The van der Waals surface area contributed by atoms with Crippen LogP contribution in [0, 0.1) is 34.6 Å². The molecule has 172 valence electrons. The van der Waals surface area contributed by atoms with Crippen LogP contribution in [0.3, 0.4) is 0 Å². The number of nitriles is 1. The molecule has 1 heterocycles. The number of carbonyl (C=O) groups is 1. The van der Waals surface area contributed by atoms with Crippen LogP contribution >= 0.6 is 0 Å². The van der Waals surface area contributed by atoms with E-state index in [-0.39, 0.29) is 17.7 Å². The van der Waals surface area contributed by atoms with Gasteiger partial charge in [-0.25, -0.2) is 22.4 Å². The topological polar surface area (TPSA) is 90.3 Å². The molecule has 0 unspecified atom stereocenters. The normalized spacial score (nSPS) is 11.2. The Labute approximate surface area is 180 Å². The fourth-order valence-electron chi connectivity index (χ4n) is 2.82. The van der Waals surface area contributed by atoms with Crippen LogP contribution in [-0.2, 0) is 10.9 Å². The van der Waals surface area contributed by atoms with E-state index in [1.54, 1.807) is 6.07 Å². The Hall–Kier alpha value is -4.21. The first-order valence-corrected chi connectivity index (χ1v) is 8.61. The number of rotatable bonds is 4. The van der Waals surface area contributed by atoms with Crippen molar-refractivity contribution >= 4 is 11.7 Å². The summed E-state index contributed by atoms with van der Waals surface area (Å²) >= 11 is 0. The van der Waals surface area contributed by atoms with Gasteiger partial charge >= 0.3 is 12.1 Å². The van der Waals surface area contributed by atoms with Crippen molar-refractivity contribution in [3.8, 4) is 23.3 Å². The maximum atomic E-state index is 14.2. The second kappa shape index (κ2) is 8.38. The molecule has 0 atom stereocenters. The number of ether oxygens (including phenoxy) is 2. The minimum Gasteiger partial charge on any atom is -0.464 e. The number of nitrogens with two attached hydrogens (primary N) is 1. The first kappa shape index (κ1) is 23.5. The van der Waals surface area contributed by atoms with Crippen molar-refractivity contribution in [2.45, 2.75) is 6.18 Å². The van der Waals surface area contributed by atoms with Gasteiger partial charge in [0, 0.05) is 18.3 Å². The van der Waals surface area contributed by atoms with E-state index in [0.717, 1.165) is 17.9 Å². The van der Waals surface area contributed by atoms with Gasteiger partial charge in [0.1, 0.15) is 6.07 Å². The Bertz CT molecular complexity index is 1290. The lowest BCUT2D eigenvalue weighted by molar-refractivity contribution is -0.138. The molecule has 0 radical (unpaired) electrons. The summed E-state index contributed by atoms with van der Waals surface area (Å²) < 4.78 is 105. The number of esters is 1. The number of aromatic nitrogens is 1. The van der Waals surface area contributed by atoms with Crippen molar-refractivity contribution in [3.63, 3.8) is 0 Å². The van der Waals surface area contributed by atoms with Gasteiger partial charge in [0.2, 0.25) is 0 Å². The maximum Gasteiger partial charge on any atom is 0.416 e. The first-order chi connectivity index (χ1) is 15.4. The van der Waals surface area contributed by atoms with E-state index in [1.165, 1.54) is 0 Å². The average Bonchev–Trinajstić information content (AvgIpc) is 3.07. The molecule has 13 heteroatoms. The van der Waals surface area contributed by atoms with E-state index in [9.17, 15) is 40.8 Å². The largest absolute Gasteiger partial charge is 0.464 e. The molecule has 0 bridgehead atoms. The summed E-state index contributed by atoms with van der Waals surface area (Å²) in [6.45, 7) is 0. The number of nitrogens with zero attached hydrogens (tertiary/aromatic N) is 2. The fourth-order valence-corrected chi connectivity index (χ4v) is 2.82. The fraction of sp³-hybridized carbons (Fsp3) is 0.100. The van der Waals surface area contributed by atoms with Crippen LogP contribution in [-0.4, -0.2) is 17.6 Å². The molecular formula is C20H10F7N3O3. The summed E-state index contributed by atoms with van der Waals surface area (Å²) in [7, 11) is 0.959. The summed E-state index contributed by atoms with van der Waals surface area (Å²) in [6, 6.07) is 2.33. The number of hydrogen-bond acceptors (Lipinski definition) is 5. The summed E-state index contributed by atoms with van der Waals surface area (Å²) in [5.74, 6) is -9.94. The van der Waals surface area contributed by atoms with E-state index in [4.69, 9.17) is 10.5 Å². The second-order valence-electron chi connectivity index (χ2n) is 6.38. The Morgan fingerprint density at radius 2 is 1.61 bits per heavy atom. The molecule has 0 saturated carbocycles. The smallest absolute Gasteiger partial charge is 0.416 e.